The lowest BCUT2D eigenvalue weighted by atomic mass is 10.3. The summed E-state index contributed by atoms with van der Waals surface area (Å²) in [6.07, 6.45) is 3.59. The topological polar surface area (TPSA) is 38.7 Å². The molecular formula is C11H7N3S2. The SMILES string of the molecule is c1cc(Sc2ccc3nsnc3c2)ccn1. The van der Waals surface area contributed by atoms with Gasteiger partial charge in [0.25, 0.3) is 0 Å². The van der Waals surface area contributed by atoms with Crippen LogP contribution in [0.5, 0.6) is 0 Å². The molecule has 0 saturated carbocycles. The molecule has 0 unspecified atom stereocenters. The molecule has 0 aliphatic carbocycles. The van der Waals surface area contributed by atoms with Gasteiger partial charge in [0.15, 0.2) is 0 Å². The first-order valence-electron chi connectivity index (χ1n) is 4.72. The van der Waals surface area contributed by atoms with Crippen molar-refractivity contribution in [2.24, 2.45) is 0 Å². The van der Waals surface area contributed by atoms with Gasteiger partial charge in [-0.15, -0.1) is 0 Å². The Morgan fingerprint density at radius 1 is 0.875 bits per heavy atom. The molecule has 0 atom stereocenters. The highest BCUT2D eigenvalue weighted by Gasteiger charge is 2.01. The Balaban J connectivity index is 1.94. The molecule has 0 saturated heterocycles. The van der Waals surface area contributed by atoms with Crippen molar-refractivity contribution >= 4 is 34.5 Å². The van der Waals surface area contributed by atoms with Crippen LogP contribution in [-0.2, 0) is 0 Å². The second-order valence-corrected chi connectivity index (χ2v) is 4.88. The lowest BCUT2D eigenvalue weighted by Gasteiger charge is -2.00. The summed E-state index contributed by atoms with van der Waals surface area (Å²) in [5, 5.41) is 0. The Hall–Kier alpha value is -1.46. The minimum Gasteiger partial charge on any atom is -0.265 e. The molecule has 16 heavy (non-hydrogen) atoms. The first-order valence-corrected chi connectivity index (χ1v) is 6.27. The molecule has 0 spiro atoms. The van der Waals surface area contributed by atoms with Crippen molar-refractivity contribution in [1.82, 2.24) is 13.7 Å². The Bertz CT molecular complexity index is 607. The fourth-order valence-corrected chi connectivity index (χ4v) is 2.72. The third-order valence-corrected chi connectivity index (χ3v) is 3.66. The normalized spacial score (nSPS) is 10.8. The zero-order valence-corrected chi connectivity index (χ0v) is 9.83. The maximum absolute atomic E-state index is 4.23. The molecule has 3 aromatic rings. The fraction of sp³-hybridized carbons (Fsp3) is 0. The van der Waals surface area contributed by atoms with Gasteiger partial charge in [-0.05, 0) is 30.3 Å². The highest BCUT2D eigenvalue weighted by Crippen LogP contribution is 2.28. The van der Waals surface area contributed by atoms with E-state index in [9.17, 15) is 0 Å². The number of pyridine rings is 1. The van der Waals surface area contributed by atoms with Crippen molar-refractivity contribution in [2.45, 2.75) is 9.79 Å². The first kappa shape index (κ1) is 9.74. The summed E-state index contributed by atoms with van der Waals surface area (Å²) < 4.78 is 8.40. The monoisotopic (exact) mass is 245 g/mol. The highest BCUT2D eigenvalue weighted by molar-refractivity contribution is 7.99. The van der Waals surface area contributed by atoms with E-state index in [-0.39, 0.29) is 0 Å². The molecule has 0 N–H and O–H groups in total. The van der Waals surface area contributed by atoms with Gasteiger partial charge in [-0.1, -0.05) is 11.8 Å². The van der Waals surface area contributed by atoms with Gasteiger partial charge in [-0.25, -0.2) is 0 Å². The molecule has 3 rings (SSSR count). The van der Waals surface area contributed by atoms with E-state index in [1.54, 1.807) is 24.2 Å². The van der Waals surface area contributed by atoms with Gasteiger partial charge in [-0.3, -0.25) is 4.98 Å². The zero-order chi connectivity index (χ0) is 10.8. The van der Waals surface area contributed by atoms with E-state index in [2.05, 4.69) is 25.9 Å². The molecule has 1 aromatic carbocycles. The van der Waals surface area contributed by atoms with Crippen LogP contribution in [0.4, 0.5) is 0 Å². The molecule has 3 nitrogen and oxygen atoms in total. The van der Waals surface area contributed by atoms with E-state index in [0.717, 1.165) is 11.0 Å². The van der Waals surface area contributed by atoms with Crippen LogP contribution in [0.15, 0.2) is 52.5 Å². The summed E-state index contributed by atoms with van der Waals surface area (Å²) in [4.78, 5) is 6.35. The first-order chi connectivity index (χ1) is 7.92. The molecule has 0 aliphatic heterocycles. The van der Waals surface area contributed by atoms with Crippen molar-refractivity contribution in [3.8, 4) is 0 Å². The number of hydrogen-bond acceptors (Lipinski definition) is 5. The highest BCUT2D eigenvalue weighted by atomic mass is 32.2. The quantitative estimate of drug-likeness (QED) is 0.694. The Labute approximate surface area is 101 Å². The third kappa shape index (κ3) is 1.91. The number of rotatable bonds is 2. The van der Waals surface area contributed by atoms with Crippen molar-refractivity contribution in [1.29, 1.82) is 0 Å². The molecule has 0 fully saturated rings. The van der Waals surface area contributed by atoms with Crippen LogP contribution >= 0.6 is 23.5 Å². The minimum absolute atomic E-state index is 0.962. The molecule has 78 valence electrons. The summed E-state index contributed by atoms with van der Waals surface area (Å²) in [6, 6.07) is 10.1. The van der Waals surface area contributed by atoms with Gasteiger partial charge in [-0.2, -0.15) is 8.75 Å². The van der Waals surface area contributed by atoms with Crippen molar-refractivity contribution in [3.63, 3.8) is 0 Å². The maximum Gasteiger partial charge on any atom is 0.105 e. The van der Waals surface area contributed by atoms with E-state index < -0.39 is 0 Å². The van der Waals surface area contributed by atoms with E-state index >= 15 is 0 Å². The standard InChI is InChI=1S/C11H7N3S2/c1-2-10-11(14-16-13-10)7-9(1)15-8-3-5-12-6-4-8/h1-7H. The van der Waals surface area contributed by atoms with E-state index in [4.69, 9.17) is 0 Å². The van der Waals surface area contributed by atoms with Crippen molar-refractivity contribution in [3.05, 3.63) is 42.7 Å². The number of aromatic nitrogens is 3. The Kier molecular flexibility index (Phi) is 2.55. The van der Waals surface area contributed by atoms with Gasteiger partial charge >= 0.3 is 0 Å². The summed E-state index contributed by atoms with van der Waals surface area (Å²) in [6.45, 7) is 0. The van der Waals surface area contributed by atoms with Crippen molar-refractivity contribution < 1.29 is 0 Å². The Morgan fingerprint density at radius 3 is 2.56 bits per heavy atom. The molecule has 0 radical (unpaired) electrons. The Morgan fingerprint density at radius 2 is 1.69 bits per heavy atom. The smallest absolute Gasteiger partial charge is 0.105 e. The van der Waals surface area contributed by atoms with E-state index in [1.807, 2.05) is 18.2 Å². The largest absolute Gasteiger partial charge is 0.265 e. The van der Waals surface area contributed by atoms with E-state index in [1.165, 1.54) is 21.5 Å². The fourth-order valence-electron chi connectivity index (χ4n) is 1.37. The van der Waals surface area contributed by atoms with Gasteiger partial charge in [0.05, 0.1) is 11.7 Å². The van der Waals surface area contributed by atoms with Crippen LogP contribution in [-0.4, -0.2) is 13.7 Å². The number of benzene rings is 1. The number of hydrogen-bond donors (Lipinski definition) is 0. The molecule has 5 heteroatoms. The second kappa shape index (κ2) is 4.19. The average Bonchev–Trinajstić information content (AvgIpc) is 2.77. The van der Waals surface area contributed by atoms with Crippen molar-refractivity contribution in [2.75, 3.05) is 0 Å². The lowest BCUT2D eigenvalue weighted by Crippen LogP contribution is -1.75. The predicted molar refractivity (Wildman–Crippen MR) is 65.8 cm³/mol. The molecule has 0 amide bonds. The van der Waals surface area contributed by atoms with Gasteiger partial charge in [0.1, 0.15) is 11.0 Å². The summed E-state index contributed by atoms with van der Waals surface area (Å²) in [5.41, 5.74) is 1.92. The molecule has 2 aromatic heterocycles. The summed E-state index contributed by atoms with van der Waals surface area (Å²) in [7, 11) is 0. The van der Waals surface area contributed by atoms with Crippen LogP contribution < -0.4 is 0 Å². The number of nitrogens with zero attached hydrogens (tertiary/aromatic N) is 3. The van der Waals surface area contributed by atoms with Crippen LogP contribution in [0.1, 0.15) is 0 Å². The van der Waals surface area contributed by atoms with Crippen LogP contribution in [0, 0.1) is 0 Å². The molecule has 0 aliphatic rings. The summed E-state index contributed by atoms with van der Waals surface area (Å²) >= 11 is 2.95. The molecule has 2 heterocycles. The van der Waals surface area contributed by atoms with Gasteiger partial charge in [0, 0.05) is 22.2 Å². The van der Waals surface area contributed by atoms with Gasteiger partial charge in [0.2, 0.25) is 0 Å². The summed E-state index contributed by atoms with van der Waals surface area (Å²) in [5.74, 6) is 0. The molecule has 0 bridgehead atoms. The zero-order valence-electron chi connectivity index (χ0n) is 8.20. The molecular weight excluding hydrogens is 238 g/mol. The maximum atomic E-state index is 4.23. The van der Waals surface area contributed by atoms with Crippen LogP contribution in [0.25, 0.3) is 11.0 Å². The van der Waals surface area contributed by atoms with Gasteiger partial charge < -0.3 is 0 Å². The minimum atomic E-state index is 0.962. The van der Waals surface area contributed by atoms with E-state index in [0.29, 0.717) is 0 Å². The van der Waals surface area contributed by atoms with Crippen LogP contribution in [0.2, 0.25) is 0 Å². The predicted octanol–water partition coefficient (Wildman–Crippen LogP) is 3.24. The lowest BCUT2D eigenvalue weighted by molar-refractivity contribution is 1.26. The number of fused-ring (bicyclic) bond motifs is 1. The third-order valence-electron chi connectivity index (χ3n) is 2.11. The average molecular weight is 245 g/mol. The second-order valence-electron chi connectivity index (χ2n) is 3.20. The van der Waals surface area contributed by atoms with Crippen LogP contribution in [0.3, 0.4) is 0 Å².